The van der Waals surface area contributed by atoms with Crippen LogP contribution in [0.3, 0.4) is 0 Å². The molecule has 0 aromatic carbocycles. The van der Waals surface area contributed by atoms with Crippen molar-refractivity contribution in [2.75, 3.05) is 0 Å². The van der Waals surface area contributed by atoms with Crippen molar-refractivity contribution in [2.24, 2.45) is 0 Å². The topological polar surface area (TPSA) is 9.23 Å². The van der Waals surface area contributed by atoms with Gasteiger partial charge in [-0.25, -0.2) is 3.63 Å². The first kappa shape index (κ1) is 3.59. The molecule has 3 heteroatoms. The van der Waals surface area contributed by atoms with Crippen LogP contribution in [0.2, 0.25) is 0 Å². The third-order valence-corrected chi connectivity index (χ3v) is 1.38. The first-order chi connectivity index (χ1) is 2.50. The van der Waals surface area contributed by atoms with Crippen molar-refractivity contribution in [3.8, 4) is 0 Å². The minimum absolute atomic E-state index is 1.23. The van der Waals surface area contributed by atoms with Crippen LogP contribution in [0.1, 0.15) is 0 Å². The average Bonchev–Trinajstić information content (AvgIpc) is 1.76. The fourth-order valence-electron chi connectivity index (χ4n) is 0.0982. The van der Waals surface area contributed by atoms with Gasteiger partial charge in [-0.05, 0) is 0 Å². The lowest BCUT2D eigenvalue weighted by molar-refractivity contribution is 0.778. The van der Waals surface area contributed by atoms with Gasteiger partial charge < -0.3 is 0 Å². The summed E-state index contributed by atoms with van der Waals surface area (Å²) < 4.78 is 4.61. The molecule has 0 aliphatic carbocycles. The van der Waals surface area contributed by atoms with Crippen molar-refractivity contribution >= 4 is 24.1 Å². The first-order valence-corrected chi connectivity index (χ1v) is 2.61. The van der Waals surface area contributed by atoms with E-state index >= 15 is 0 Å². The maximum Gasteiger partial charge on any atom is 0.0618 e. The first-order valence-electron chi connectivity index (χ1n) is 1.06. The fourth-order valence-corrected chi connectivity index (χ4v) is 0.884. The lowest BCUT2D eigenvalue weighted by atomic mass is 11.3. The molecule has 1 heterocycles. The van der Waals surface area contributed by atoms with Gasteiger partial charge in [-0.3, -0.25) is 0 Å². The molecule has 0 saturated heterocycles. The number of hydrogen-bond acceptors (Lipinski definition) is 3. The van der Waals surface area contributed by atoms with Gasteiger partial charge >= 0.3 is 0 Å². The predicted molar refractivity (Wildman–Crippen MR) is 24.1 cm³/mol. The maximum atomic E-state index is 4.61. The molecule has 0 N–H and O–H groups in total. The van der Waals surface area contributed by atoms with Crippen molar-refractivity contribution in [1.29, 1.82) is 0 Å². The quantitative estimate of drug-likeness (QED) is 0.433. The van der Waals surface area contributed by atoms with E-state index in [1.54, 1.807) is 5.41 Å². The molecule has 1 nitrogen and oxygen atoms in total. The Morgan fingerprint density at radius 2 is 2.80 bits per heavy atom. The number of hydrogen-bond donors (Lipinski definition) is 0. The van der Waals surface area contributed by atoms with Crippen molar-refractivity contribution in [2.45, 2.75) is 0 Å². The average molecular weight is 105 g/mol. The summed E-state index contributed by atoms with van der Waals surface area (Å²) in [6.45, 7) is 0. The van der Waals surface area contributed by atoms with E-state index < -0.39 is 0 Å². The summed E-state index contributed by atoms with van der Waals surface area (Å²) in [5.41, 5.74) is 0. The van der Waals surface area contributed by atoms with Crippen LogP contribution >= 0.6 is 24.1 Å². The Hall–Kier alpha value is 0.400. The minimum atomic E-state index is 1.23. The van der Waals surface area contributed by atoms with E-state index in [9.17, 15) is 0 Å². The summed E-state index contributed by atoms with van der Waals surface area (Å²) in [5.74, 6) is 0. The lowest BCUT2D eigenvalue weighted by Gasteiger charge is -1.72. The van der Waals surface area contributed by atoms with Crippen LogP contribution in [-0.2, 0) is 3.63 Å². The Morgan fingerprint density at radius 1 is 1.80 bits per heavy atom. The standard InChI is InChI=1S/C2HOS2/c1-2-5-3-4-1/h1H. The van der Waals surface area contributed by atoms with E-state index in [-0.39, 0.29) is 0 Å². The zero-order valence-corrected chi connectivity index (χ0v) is 3.94. The van der Waals surface area contributed by atoms with Crippen LogP contribution in [0, 0.1) is 5.41 Å². The maximum absolute atomic E-state index is 4.61. The van der Waals surface area contributed by atoms with E-state index in [1.165, 1.54) is 24.1 Å². The Balaban J connectivity index is 2.32. The van der Waals surface area contributed by atoms with E-state index in [4.69, 9.17) is 0 Å². The Kier molecular flexibility index (Phi) is 1.25. The van der Waals surface area contributed by atoms with E-state index in [0.717, 1.165) is 0 Å². The molecule has 27 valence electrons. The number of rotatable bonds is 0. The van der Waals surface area contributed by atoms with Crippen molar-refractivity contribution < 1.29 is 3.63 Å². The minimum Gasteiger partial charge on any atom is -0.237 e. The molecule has 0 aromatic heterocycles. The van der Waals surface area contributed by atoms with Gasteiger partial charge in [0.1, 0.15) is 0 Å². The summed E-state index contributed by atoms with van der Waals surface area (Å²) >= 11 is 2.53. The van der Waals surface area contributed by atoms with Gasteiger partial charge in [0.15, 0.2) is 0 Å². The summed E-state index contributed by atoms with van der Waals surface area (Å²) in [5, 5.41) is 4.52. The summed E-state index contributed by atoms with van der Waals surface area (Å²) in [4.78, 5) is 0. The van der Waals surface area contributed by atoms with E-state index in [1.807, 2.05) is 0 Å². The molecular formula is C2HOS2. The van der Waals surface area contributed by atoms with Gasteiger partial charge in [0.25, 0.3) is 0 Å². The van der Waals surface area contributed by atoms with Gasteiger partial charge in [0, 0.05) is 29.5 Å². The SMILES string of the molecule is [C]1=CSOS1. The predicted octanol–water partition coefficient (Wildman–Crippen LogP) is 1.59. The fraction of sp³-hybridized carbons (Fsp3) is 0. The lowest BCUT2D eigenvalue weighted by Crippen LogP contribution is -1.36. The second-order valence-electron chi connectivity index (χ2n) is 0.483. The van der Waals surface area contributed by atoms with Crippen LogP contribution < -0.4 is 0 Å². The van der Waals surface area contributed by atoms with Crippen LogP contribution in [0.5, 0.6) is 0 Å². The molecule has 0 aromatic rings. The highest BCUT2D eigenvalue weighted by Gasteiger charge is 1.88. The molecule has 1 rings (SSSR count). The van der Waals surface area contributed by atoms with Gasteiger partial charge in [0.05, 0.1) is 5.41 Å². The molecule has 5 heavy (non-hydrogen) atoms. The molecule has 0 fully saturated rings. The smallest absolute Gasteiger partial charge is 0.0618 e. The highest BCUT2D eigenvalue weighted by Crippen LogP contribution is 2.23. The van der Waals surface area contributed by atoms with Crippen molar-refractivity contribution in [3.05, 3.63) is 10.8 Å². The van der Waals surface area contributed by atoms with Gasteiger partial charge in [-0.2, -0.15) is 0 Å². The van der Waals surface area contributed by atoms with E-state index in [0.29, 0.717) is 0 Å². The van der Waals surface area contributed by atoms with Crippen molar-refractivity contribution in [1.82, 2.24) is 0 Å². The molecule has 1 aliphatic heterocycles. The second-order valence-corrected chi connectivity index (χ2v) is 1.86. The van der Waals surface area contributed by atoms with Crippen LogP contribution in [0.15, 0.2) is 5.41 Å². The zero-order chi connectivity index (χ0) is 3.54. The summed E-state index contributed by atoms with van der Waals surface area (Å²) in [7, 11) is 0. The van der Waals surface area contributed by atoms with Crippen molar-refractivity contribution in [3.63, 3.8) is 0 Å². The van der Waals surface area contributed by atoms with Crippen LogP contribution in [0.4, 0.5) is 0 Å². The third-order valence-electron chi connectivity index (χ3n) is 0.218. The largest absolute Gasteiger partial charge is 0.237 e. The van der Waals surface area contributed by atoms with Crippen LogP contribution in [-0.4, -0.2) is 0 Å². The highest BCUT2D eigenvalue weighted by atomic mass is 32.2. The molecule has 0 atom stereocenters. The summed E-state index contributed by atoms with van der Waals surface area (Å²) in [6.07, 6.45) is 0. The van der Waals surface area contributed by atoms with E-state index in [2.05, 4.69) is 9.04 Å². The van der Waals surface area contributed by atoms with Crippen LogP contribution in [0.25, 0.3) is 0 Å². The molecule has 0 saturated carbocycles. The molecule has 0 spiro atoms. The van der Waals surface area contributed by atoms with Gasteiger partial charge in [-0.15, -0.1) is 0 Å². The van der Waals surface area contributed by atoms with Gasteiger partial charge in [0.2, 0.25) is 0 Å². The summed E-state index contributed by atoms with van der Waals surface area (Å²) in [6, 6.07) is 0. The molecule has 0 bridgehead atoms. The molecular weight excluding hydrogens is 104 g/mol. The molecule has 0 amide bonds. The van der Waals surface area contributed by atoms with Gasteiger partial charge in [-0.1, -0.05) is 0 Å². The Bertz CT molecular complexity index is 45.6. The molecule has 1 radical (unpaired) electrons. The Labute approximate surface area is 39.2 Å². The normalized spacial score (nSPS) is 20.8. The second kappa shape index (κ2) is 1.74. The highest BCUT2D eigenvalue weighted by molar-refractivity contribution is 8.12. The zero-order valence-electron chi connectivity index (χ0n) is 2.30. The Morgan fingerprint density at radius 3 is 3.00 bits per heavy atom. The third kappa shape index (κ3) is 0.869. The monoisotopic (exact) mass is 105 g/mol. The molecule has 1 aliphatic rings. The molecule has 0 unspecified atom stereocenters.